The molecule has 0 bridgehead atoms. The van der Waals surface area contributed by atoms with Crippen LogP contribution < -0.4 is 5.32 Å². The molecular weight excluding hydrogens is 268 g/mol. The molecule has 1 rings (SSSR count). The van der Waals surface area contributed by atoms with E-state index in [9.17, 15) is 13.2 Å². The lowest BCUT2D eigenvalue weighted by Gasteiger charge is -2.30. The average molecular weight is 292 g/mol. The lowest BCUT2D eigenvalue weighted by Crippen LogP contribution is -2.45. The van der Waals surface area contributed by atoms with Crippen LogP contribution in [-0.2, 0) is 19.6 Å². The highest BCUT2D eigenvalue weighted by Gasteiger charge is 2.30. The maximum absolute atomic E-state index is 12.0. The van der Waals surface area contributed by atoms with Crippen molar-refractivity contribution >= 4 is 15.9 Å². The van der Waals surface area contributed by atoms with Gasteiger partial charge in [-0.3, -0.25) is 4.79 Å². The summed E-state index contributed by atoms with van der Waals surface area (Å²) in [6, 6.07) is -0.0186. The third-order valence-corrected chi connectivity index (χ3v) is 5.27. The molecular formula is C12H24N2O4S. The molecule has 1 heterocycles. The highest BCUT2D eigenvalue weighted by Crippen LogP contribution is 2.20. The van der Waals surface area contributed by atoms with Crippen LogP contribution in [0.2, 0.25) is 0 Å². The first-order valence-electron chi connectivity index (χ1n) is 6.67. The van der Waals surface area contributed by atoms with Gasteiger partial charge in [0.05, 0.1) is 12.4 Å². The quantitative estimate of drug-likeness (QED) is 0.759. The van der Waals surface area contributed by atoms with E-state index in [4.69, 9.17) is 4.74 Å². The van der Waals surface area contributed by atoms with Gasteiger partial charge in [0.15, 0.2) is 0 Å². The molecule has 0 aromatic carbocycles. The lowest BCUT2D eigenvalue weighted by atomic mass is 9.97. The van der Waals surface area contributed by atoms with Gasteiger partial charge in [0, 0.05) is 32.2 Å². The van der Waals surface area contributed by atoms with Gasteiger partial charge in [-0.2, -0.15) is 0 Å². The Hall–Kier alpha value is -0.660. The second-order valence-electron chi connectivity index (χ2n) is 4.94. The van der Waals surface area contributed by atoms with Crippen molar-refractivity contribution in [3.05, 3.63) is 0 Å². The number of carbonyl (C=O) groups excluding carboxylic acids is 1. The molecule has 1 aliphatic heterocycles. The van der Waals surface area contributed by atoms with Gasteiger partial charge in [0.2, 0.25) is 15.9 Å². The number of ether oxygens (including phenoxy) is 1. The van der Waals surface area contributed by atoms with Crippen LogP contribution in [0.1, 0.15) is 26.7 Å². The van der Waals surface area contributed by atoms with Gasteiger partial charge in [-0.15, -0.1) is 0 Å². The van der Waals surface area contributed by atoms with E-state index in [2.05, 4.69) is 5.32 Å². The molecule has 0 spiro atoms. The summed E-state index contributed by atoms with van der Waals surface area (Å²) >= 11 is 0. The van der Waals surface area contributed by atoms with Crippen LogP contribution in [0.25, 0.3) is 0 Å². The molecule has 0 radical (unpaired) electrons. The number of amides is 1. The molecule has 19 heavy (non-hydrogen) atoms. The van der Waals surface area contributed by atoms with Gasteiger partial charge >= 0.3 is 0 Å². The third-order valence-electron chi connectivity index (χ3n) is 3.39. The number of rotatable bonds is 6. The number of carbonyl (C=O) groups is 1. The largest absolute Gasteiger partial charge is 0.383 e. The molecule has 7 heteroatoms. The fourth-order valence-electron chi connectivity index (χ4n) is 2.23. The number of piperidine rings is 1. The van der Waals surface area contributed by atoms with Crippen molar-refractivity contribution in [1.29, 1.82) is 0 Å². The molecule has 0 saturated carbocycles. The van der Waals surface area contributed by atoms with Gasteiger partial charge < -0.3 is 10.1 Å². The fourth-order valence-corrected chi connectivity index (χ4v) is 3.36. The molecule has 1 atom stereocenters. The number of methoxy groups -OCH3 is 1. The molecule has 1 N–H and O–H groups in total. The van der Waals surface area contributed by atoms with E-state index in [0.717, 1.165) is 0 Å². The van der Waals surface area contributed by atoms with Gasteiger partial charge in [0.1, 0.15) is 0 Å². The van der Waals surface area contributed by atoms with Crippen LogP contribution in [-0.4, -0.2) is 57.2 Å². The number of sulfonamides is 1. The molecule has 1 aliphatic rings. The van der Waals surface area contributed by atoms with Crippen molar-refractivity contribution in [2.24, 2.45) is 5.92 Å². The highest BCUT2D eigenvalue weighted by atomic mass is 32.2. The van der Waals surface area contributed by atoms with Crippen molar-refractivity contribution < 1.29 is 17.9 Å². The summed E-state index contributed by atoms with van der Waals surface area (Å²) < 4.78 is 29.9. The number of hydrogen-bond acceptors (Lipinski definition) is 4. The van der Waals surface area contributed by atoms with E-state index in [1.54, 1.807) is 14.0 Å². The van der Waals surface area contributed by atoms with Crippen LogP contribution in [0.3, 0.4) is 0 Å². The number of nitrogens with zero attached hydrogens (tertiary/aromatic N) is 1. The van der Waals surface area contributed by atoms with Crippen LogP contribution in [0.4, 0.5) is 0 Å². The van der Waals surface area contributed by atoms with Gasteiger partial charge in [0.25, 0.3) is 0 Å². The Balaban J connectivity index is 2.43. The van der Waals surface area contributed by atoms with E-state index in [1.807, 2.05) is 6.92 Å². The Morgan fingerprint density at radius 2 is 2.00 bits per heavy atom. The van der Waals surface area contributed by atoms with Crippen LogP contribution in [0.15, 0.2) is 0 Å². The minimum Gasteiger partial charge on any atom is -0.383 e. The Morgan fingerprint density at radius 1 is 1.42 bits per heavy atom. The minimum absolute atomic E-state index is 0.00176. The van der Waals surface area contributed by atoms with Crippen LogP contribution in [0, 0.1) is 5.92 Å². The van der Waals surface area contributed by atoms with E-state index >= 15 is 0 Å². The van der Waals surface area contributed by atoms with Crippen molar-refractivity contribution in [3.63, 3.8) is 0 Å². The van der Waals surface area contributed by atoms with E-state index < -0.39 is 10.0 Å². The normalized spacial score (nSPS) is 20.2. The molecule has 1 saturated heterocycles. The van der Waals surface area contributed by atoms with E-state index in [-0.39, 0.29) is 23.6 Å². The molecule has 1 unspecified atom stereocenters. The molecule has 1 fully saturated rings. The summed E-state index contributed by atoms with van der Waals surface area (Å²) in [5.74, 6) is 0.0232. The Kier molecular flexibility index (Phi) is 6.22. The summed E-state index contributed by atoms with van der Waals surface area (Å²) in [6.45, 7) is 4.88. The average Bonchev–Trinajstić information content (AvgIpc) is 2.39. The first-order chi connectivity index (χ1) is 8.90. The number of hydrogen-bond donors (Lipinski definition) is 1. The van der Waals surface area contributed by atoms with E-state index in [0.29, 0.717) is 32.5 Å². The lowest BCUT2D eigenvalue weighted by molar-refractivity contribution is -0.127. The smallest absolute Gasteiger partial charge is 0.223 e. The van der Waals surface area contributed by atoms with Crippen LogP contribution in [0.5, 0.6) is 0 Å². The predicted molar refractivity (Wildman–Crippen MR) is 73.2 cm³/mol. The van der Waals surface area contributed by atoms with Gasteiger partial charge in [-0.1, -0.05) is 0 Å². The maximum atomic E-state index is 12.0. The first kappa shape index (κ1) is 16.4. The summed E-state index contributed by atoms with van der Waals surface area (Å²) in [5.41, 5.74) is 0. The van der Waals surface area contributed by atoms with Crippen molar-refractivity contribution in [2.75, 3.05) is 32.6 Å². The van der Waals surface area contributed by atoms with Gasteiger partial charge in [-0.25, -0.2) is 12.7 Å². The molecule has 0 aromatic rings. The summed E-state index contributed by atoms with van der Waals surface area (Å²) in [7, 11) is -1.53. The zero-order valence-electron chi connectivity index (χ0n) is 11.9. The molecule has 0 aliphatic carbocycles. The maximum Gasteiger partial charge on any atom is 0.223 e. The molecule has 0 aromatic heterocycles. The van der Waals surface area contributed by atoms with Crippen molar-refractivity contribution in [1.82, 2.24) is 9.62 Å². The SMILES string of the molecule is CCS(=O)(=O)N1CCC(C(=O)NC(C)COC)CC1. The zero-order chi connectivity index (χ0) is 14.5. The Bertz CT molecular complexity index is 389. The van der Waals surface area contributed by atoms with E-state index in [1.165, 1.54) is 4.31 Å². The molecule has 6 nitrogen and oxygen atoms in total. The van der Waals surface area contributed by atoms with Crippen molar-refractivity contribution in [2.45, 2.75) is 32.7 Å². The summed E-state index contributed by atoms with van der Waals surface area (Å²) in [6.07, 6.45) is 1.18. The van der Waals surface area contributed by atoms with Gasteiger partial charge in [-0.05, 0) is 26.7 Å². The first-order valence-corrected chi connectivity index (χ1v) is 8.28. The standard InChI is InChI=1S/C12H24N2O4S/c1-4-19(16,17)14-7-5-11(6-8-14)12(15)13-10(2)9-18-3/h10-11H,4-9H2,1-3H3,(H,13,15). The van der Waals surface area contributed by atoms with Crippen molar-refractivity contribution in [3.8, 4) is 0 Å². The molecule has 1 amide bonds. The Labute approximate surface area is 115 Å². The predicted octanol–water partition coefficient (Wildman–Crippen LogP) is 0.199. The molecule has 112 valence electrons. The zero-order valence-corrected chi connectivity index (χ0v) is 12.7. The summed E-state index contributed by atoms with van der Waals surface area (Å²) in [4.78, 5) is 12.0. The highest BCUT2D eigenvalue weighted by molar-refractivity contribution is 7.89. The fraction of sp³-hybridized carbons (Fsp3) is 0.917. The number of nitrogens with one attached hydrogen (secondary N) is 1. The topological polar surface area (TPSA) is 75.7 Å². The minimum atomic E-state index is -3.12. The monoisotopic (exact) mass is 292 g/mol. The van der Waals surface area contributed by atoms with Crippen LogP contribution >= 0.6 is 0 Å². The second-order valence-corrected chi connectivity index (χ2v) is 7.20. The third kappa shape index (κ3) is 4.74. The Morgan fingerprint density at radius 3 is 2.47 bits per heavy atom. The summed E-state index contributed by atoms with van der Waals surface area (Å²) in [5, 5.41) is 2.89. The second kappa shape index (κ2) is 7.21.